The van der Waals surface area contributed by atoms with Gasteiger partial charge in [0, 0.05) is 12.5 Å². The van der Waals surface area contributed by atoms with Gasteiger partial charge < -0.3 is 10.8 Å². The number of carboxylic acids is 1. The Morgan fingerprint density at radius 1 is 1.16 bits per heavy atom. The van der Waals surface area contributed by atoms with Gasteiger partial charge in [-0.05, 0) is 29.2 Å². The number of carbonyl (C=O) groups is 1. The van der Waals surface area contributed by atoms with Gasteiger partial charge in [-0.3, -0.25) is 4.79 Å². The van der Waals surface area contributed by atoms with Gasteiger partial charge in [0.15, 0.2) is 0 Å². The van der Waals surface area contributed by atoms with Gasteiger partial charge in [0.2, 0.25) is 0 Å². The lowest BCUT2D eigenvalue weighted by Gasteiger charge is -2.12. The summed E-state index contributed by atoms with van der Waals surface area (Å²) in [5.41, 5.74) is 7.17. The molecule has 0 aliphatic rings. The second-order valence-corrected chi connectivity index (χ2v) is 4.53. The third-order valence-corrected chi connectivity index (χ3v) is 3.09. The molecule has 2 aromatic carbocycles. The lowest BCUT2D eigenvalue weighted by Crippen LogP contribution is -2.23. The highest BCUT2D eigenvalue weighted by molar-refractivity contribution is 5.86. The van der Waals surface area contributed by atoms with Crippen LogP contribution in [0.25, 0.3) is 10.8 Å². The highest BCUT2D eigenvalue weighted by Crippen LogP contribution is 2.20. The first-order valence-electron chi connectivity index (χ1n) is 6.11. The van der Waals surface area contributed by atoms with E-state index in [1.807, 2.05) is 18.2 Å². The van der Waals surface area contributed by atoms with Gasteiger partial charge in [0.25, 0.3) is 0 Å². The molecule has 3 nitrogen and oxygen atoms in total. The van der Waals surface area contributed by atoms with E-state index < -0.39 is 5.97 Å². The van der Waals surface area contributed by atoms with Crippen molar-refractivity contribution in [2.24, 2.45) is 5.73 Å². The van der Waals surface area contributed by atoms with Crippen molar-refractivity contribution in [3.8, 4) is 0 Å². The Morgan fingerprint density at radius 2 is 1.84 bits per heavy atom. The van der Waals surface area contributed by atoms with Crippen LogP contribution in [0.3, 0.4) is 0 Å². The average Bonchev–Trinajstić information content (AvgIpc) is 2.37. The molecule has 102 valence electrons. The number of carboxylic acid groups (broad SMARTS) is 1. The predicted molar refractivity (Wildman–Crippen MR) is 79.7 cm³/mol. The Hall–Kier alpha value is -1.58. The zero-order valence-corrected chi connectivity index (χ0v) is 11.4. The second kappa shape index (κ2) is 7.12. The first kappa shape index (κ1) is 15.5. The third-order valence-electron chi connectivity index (χ3n) is 3.09. The van der Waals surface area contributed by atoms with E-state index in [2.05, 4.69) is 24.3 Å². The quantitative estimate of drug-likeness (QED) is 0.884. The Morgan fingerprint density at radius 3 is 2.58 bits per heavy atom. The van der Waals surface area contributed by atoms with Crippen LogP contribution in [-0.2, 0) is 11.2 Å². The fourth-order valence-corrected chi connectivity index (χ4v) is 2.16. The van der Waals surface area contributed by atoms with Crippen LogP contribution in [0.5, 0.6) is 0 Å². The Labute approximate surface area is 118 Å². The van der Waals surface area contributed by atoms with Crippen molar-refractivity contribution in [2.45, 2.75) is 25.3 Å². The monoisotopic (exact) mass is 279 g/mol. The zero-order valence-electron chi connectivity index (χ0n) is 10.6. The summed E-state index contributed by atoms with van der Waals surface area (Å²) in [4.78, 5) is 10.5. The molecule has 0 aliphatic heterocycles. The number of hydrogen-bond acceptors (Lipinski definition) is 2. The maximum absolute atomic E-state index is 10.5. The van der Waals surface area contributed by atoms with Gasteiger partial charge in [-0.2, -0.15) is 0 Å². The number of fused-ring (bicyclic) bond motifs is 1. The number of aliphatic carboxylic acids is 1. The Balaban J connectivity index is 0.00000180. The van der Waals surface area contributed by atoms with Crippen molar-refractivity contribution in [3.05, 3.63) is 48.0 Å². The Bertz CT molecular complexity index is 551. The molecule has 1 unspecified atom stereocenters. The van der Waals surface area contributed by atoms with Gasteiger partial charge in [-0.1, -0.05) is 42.5 Å². The Kier molecular flexibility index (Phi) is 5.80. The molecule has 0 aromatic heterocycles. The molecule has 0 bridgehead atoms. The standard InChI is InChI=1S/C15H17NO2.ClH/c16-13(8-9-15(17)18)10-12-6-3-5-11-4-1-2-7-14(11)12;/h1-7,13H,8-10,16H2,(H,17,18);1H. The molecular weight excluding hydrogens is 262 g/mol. The first-order valence-corrected chi connectivity index (χ1v) is 6.11. The van der Waals surface area contributed by atoms with Crippen LogP contribution < -0.4 is 5.73 Å². The van der Waals surface area contributed by atoms with Crippen LogP contribution in [0.15, 0.2) is 42.5 Å². The summed E-state index contributed by atoms with van der Waals surface area (Å²) in [6, 6.07) is 14.2. The van der Waals surface area contributed by atoms with E-state index in [-0.39, 0.29) is 24.9 Å². The topological polar surface area (TPSA) is 63.3 Å². The van der Waals surface area contributed by atoms with Gasteiger partial charge in [0.05, 0.1) is 0 Å². The van der Waals surface area contributed by atoms with Crippen molar-refractivity contribution in [1.29, 1.82) is 0 Å². The lowest BCUT2D eigenvalue weighted by molar-refractivity contribution is -0.137. The molecule has 1 atom stereocenters. The van der Waals surface area contributed by atoms with Crippen LogP contribution in [0.4, 0.5) is 0 Å². The van der Waals surface area contributed by atoms with Crippen molar-refractivity contribution in [2.75, 3.05) is 0 Å². The summed E-state index contributed by atoms with van der Waals surface area (Å²) in [6.07, 6.45) is 1.36. The smallest absolute Gasteiger partial charge is 0.303 e. The van der Waals surface area contributed by atoms with Crippen molar-refractivity contribution >= 4 is 29.1 Å². The van der Waals surface area contributed by atoms with E-state index in [1.54, 1.807) is 0 Å². The molecule has 2 aromatic rings. The van der Waals surface area contributed by atoms with Crippen LogP contribution >= 0.6 is 12.4 Å². The molecule has 0 saturated carbocycles. The number of benzene rings is 2. The van der Waals surface area contributed by atoms with Gasteiger partial charge >= 0.3 is 5.97 Å². The SMILES string of the molecule is Cl.NC(CCC(=O)O)Cc1cccc2ccccc12. The number of rotatable bonds is 5. The predicted octanol–water partition coefficient (Wildman–Crippen LogP) is 3.00. The summed E-state index contributed by atoms with van der Waals surface area (Å²) in [5, 5.41) is 11.0. The minimum absolute atomic E-state index is 0. The minimum atomic E-state index is -0.789. The zero-order chi connectivity index (χ0) is 13.0. The molecule has 0 aliphatic carbocycles. The fourth-order valence-electron chi connectivity index (χ4n) is 2.16. The van der Waals surface area contributed by atoms with E-state index in [4.69, 9.17) is 10.8 Å². The first-order chi connectivity index (χ1) is 8.66. The molecule has 0 radical (unpaired) electrons. The fraction of sp³-hybridized carbons (Fsp3) is 0.267. The summed E-state index contributed by atoms with van der Waals surface area (Å²) in [6.45, 7) is 0. The summed E-state index contributed by atoms with van der Waals surface area (Å²) in [5.74, 6) is -0.789. The largest absolute Gasteiger partial charge is 0.481 e. The number of halogens is 1. The molecule has 3 N–H and O–H groups in total. The van der Waals surface area contributed by atoms with Crippen LogP contribution in [0, 0.1) is 0 Å². The molecule has 4 heteroatoms. The van der Waals surface area contributed by atoms with Gasteiger partial charge in [0.1, 0.15) is 0 Å². The average molecular weight is 280 g/mol. The lowest BCUT2D eigenvalue weighted by atomic mass is 9.97. The van der Waals surface area contributed by atoms with Crippen molar-refractivity contribution in [1.82, 2.24) is 0 Å². The summed E-state index contributed by atoms with van der Waals surface area (Å²) in [7, 11) is 0. The molecule has 0 saturated heterocycles. The summed E-state index contributed by atoms with van der Waals surface area (Å²) < 4.78 is 0. The summed E-state index contributed by atoms with van der Waals surface area (Å²) >= 11 is 0. The van der Waals surface area contributed by atoms with Crippen LogP contribution in [0.1, 0.15) is 18.4 Å². The number of nitrogens with two attached hydrogens (primary N) is 1. The van der Waals surface area contributed by atoms with E-state index >= 15 is 0 Å². The van der Waals surface area contributed by atoms with Crippen molar-refractivity contribution in [3.63, 3.8) is 0 Å². The van der Waals surface area contributed by atoms with Gasteiger partial charge in [-0.25, -0.2) is 0 Å². The maximum Gasteiger partial charge on any atom is 0.303 e. The minimum Gasteiger partial charge on any atom is -0.481 e. The van der Waals surface area contributed by atoms with Crippen LogP contribution in [0.2, 0.25) is 0 Å². The molecule has 19 heavy (non-hydrogen) atoms. The second-order valence-electron chi connectivity index (χ2n) is 4.53. The third kappa shape index (κ3) is 4.23. The highest BCUT2D eigenvalue weighted by Gasteiger charge is 2.08. The molecule has 2 rings (SSSR count). The van der Waals surface area contributed by atoms with Crippen LogP contribution in [-0.4, -0.2) is 17.1 Å². The normalized spacial score (nSPS) is 11.8. The van der Waals surface area contributed by atoms with E-state index in [9.17, 15) is 4.79 Å². The number of hydrogen-bond donors (Lipinski definition) is 2. The molecule has 0 spiro atoms. The van der Waals surface area contributed by atoms with E-state index in [0.717, 1.165) is 0 Å². The van der Waals surface area contributed by atoms with E-state index in [1.165, 1.54) is 16.3 Å². The maximum atomic E-state index is 10.5. The highest BCUT2D eigenvalue weighted by atomic mass is 35.5. The molecule has 0 fully saturated rings. The van der Waals surface area contributed by atoms with E-state index in [0.29, 0.717) is 12.8 Å². The molecule has 0 amide bonds. The van der Waals surface area contributed by atoms with Gasteiger partial charge in [-0.15, -0.1) is 12.4 Å². The molecular formula is C15H18ClNO2. The molecule has 0 heterocycles. The van der Waals surface area contributed by atoms with Crippen molar-refractivity contribution < 1.29 is 9.90 Å².